The van der Waals surface area contributed by atoms with Crippen LogP contribution in [0, 0.1) is 10.4 Å². The summed E-state index contributed by atoms with van der Waals surface area (Å²) in [6.45, 7) is 0. The molecule has 0 unspecified atom stereocenters. The predicted molar refractivity (Wildman–Crippen MR) is 77.4 cm³/mol. The summed E-state index contributed by atoms with van der Waals surface area (Å²) in [5, 5.41) is 14.2. The molecule has 0 fully saturated rings. The average Bonchev–Trinajstić information content (AvgIpc) is 2.45. The van der Waals surface area contributed by atoms with Crippen molar-refractivity contribution in [3.05, 3.63) is 62.3 Å². The maximum Gasteiger partial charge on any atom is 0.156 e. The van der Waals surface area contributed by atoms with E-state index in [4.69, 9.17) is 0 Å². The van der Waals surface area contributed by atoms with Crippen molar-refractivity contribution >= 4 is 17.9 Å². The Morgan fingerprint density at radius 1 is 0.900 bits per heavy atom. The van der Waals surface area contributed by atoms with Crippen LogP contribution < -0.4 is 10.4 Å². The fourth-order valence-corrected chi connectivity index (χ4v) is 3.30. The van der Waals surface area contributed by atoms with Crippen LogP contribution in [0.1, 0.15) is 17.5 Å². The van der Waals surface area contributed by atoms with Gasteiger partial charge in [0.2, 0.25) is 0 Å². The first kappa shape index (κ1) is 11.5. The van der Waals surface area contributed by atoms with Gasteiger partial charge < -0.3 is 5.11 Å². The smallest absolute Gasteiger partial charge is 0.156 e. The quantitative estimate of drug-likeness (QED) is 0.777. The third-order valence-corrected chi connectivity index (χ3v) is 4.26. The van der Waals surface area contributed by atoms with E-state index in [0.29, 0.717) is 12.2 Å². The van der Waals surface area contributed by atoms with Crippen molar-refractivity contribution < 1.29 is 9.90 Å². The molecule has 1 N–H and O–H groups in total. The molecule has 2 aromatic rings. The number of aromatic hydroxyl groups is 1. The van der Waals surface area contributed by atoms with Crippen LogP contribution in [-0.2, 0) is 17.6 Å². The molecule has 2 aliphatic carbocycles. The highest BCUT2D eigenvalue weighted by Crippen LogP contribution is 2.17. The molecule has 0 saturated heterocycles. The number of phenolic OH excluding ortho intramolecular Hbond substituents is 1. The molecule has 2 heteroatoms. The van der Waals surface area contributed by atoms with Crippen LogP contribution in [0.4, 0.5) is 0 Å². The first-order valence-corrected chi connectivity index (χ1v) is 6.91. The second kappa shape index (κ2) is 4.07. The zero-order valence-electron chi connectivity index (χ0n) is 11.0. The van der Waals surface area contributed by atoms with Gasteiger partial charge in [0.15, 0.2) is 5.78 Å². The van der Waals surface area contributed by atoms with E-state index in [0.717, 1.165) is 23.3 Å². The lowest BCUT2D eigenvalue weighted by atomic mass is 9.88. The van der Waals surface area contributed by atoms with Crippen molar-refractivity contribution in [2.75, 3.05) is 0 Å². The van der Waals surface area contributed by atoms with Crippen molar-refractivity contribution in [1.82, 2.24) is 0 Å². The number of ketones is 1. The second-order valence-corrected chi connectivity index (χ2v) is 5.45. The average molecular weight is 262 g/mol. The van der Waals surface area contributed by atoms with Crippen LogP contribution in [0.5, 0.6) is 5.75 Å². The molecule has 0 bridgehead atoms. The Morgan fingerprint density at radius 3 is 2.65 bits per heavy atom. The summed E-state index contributed by atoms with van der Waals surface area (Å²) in [5.41, 5.74) is 2.65. The van der Waals surface area contributed by atoms with Gasteiger partial charge in [-0.3, -0.25) is 4.79 Å². The SMILES string of the molecule is O=C1C=c2ccc3c(c2CC1)CC=c1cc(O)ccc1=3. The van der Waals surface area contributed by atoms with Gasteiger partial charge in [0.1, 0.15) is 5.75 Å². The Hall–Kier alpha value is -2.35. The second-order valence-electron chi connectivity index (χ2n) is 5.45. The lowest BCUT2D eigenvalue weighted by molar-refractivity contribution is -0.113. The molecule has 0 saturated carbocycles. The van der Waals surface area contributed by atoms with Gasteiger partial charge in [-0.2, -0.15) is 0 Å². The summed E-state index contributed by atoms with van der Waals surface area (Å²) < 4.78 is 0. The monoisotopic (exact) mass is 262 g/mol. The van der Waals surface area contributed by atoms with Crippen molar-refractivity contribution in [2.24, 2.45) is 0 Å². The molecule has 4 rings (SSSR count). The van der Waals surface area contributed by atoms with Crippen molar-refractivity contribution in [3.8, 4) is 5.75 Å². The van der Waals surface area contributed by atoms with Crippen LogP contribution in [0.15, 0.2) is 30.3 Å². The maximum absolute atomic E-state index is 11.5. The maximum atomic E-state index is 11.5. The van der Waals surface area contributed by atoms with Gasteiger partial charge in [-0.1, -0.05) is 24.3 Å². The summed E-state index contributed by atoms with van der Waals surface area (Å²) in [7, 11) is 0. The summed E-state index contributed by atoms with van der Waals surface area (Å²) in [6.07, 6.45) is 6.26. The number of carbonyl (C=O) groups excluding carboxylic acids is 1. The standard InChI is InChI=1S/C18H14O2/c19-13-3-7-15-11(9-13)1-5-17-16-8-4-14(20)10-12(16)2-6-18(15)17/h1-3,6-7,9-10,19H,4-5,8H2. The molecular weight excluding hydrogens is 248 g/mol. The van der Waals surface area contributed by atoms with Gasteiger partial charge in [0.05, 0.1) is 0 Å². The highest BCUT2D eigenvalue weighted by Gasteiger charge is 2.14. The molecule has 0 spiro atoms. The van der Waals surface area contributed by atoms with Crippen molar-refractivity contribution in [2.45, 2.75) is 19.3 Å². The minimum absolute atomic E-state index is 0.225. The zero-order chi connectivity index (χ0) is 13.7. The Balaban J connectivity index is 2.18. The summed E-state index contributed by atoms with van der Waals surface area (Å²) in [4.78, 5) is 11.5. The predicted octanol–water partition coefficient (Wildman–Crippen LogP) is 1.31. The van der Waals surface area contributed by atoms with Gasteiger partial charge in [-0.25, -0.2) is 0 Å². The molecule has 2 aromatic carbocycles. The van der Waals surface area contributed by atoms with E-state index in [1.165, 1.54) is 21.6 Å². The van der Waals surface area contributed by atoms with Gasteiger partial charge in [-0.15, -0.1) is 0 Å². The van der Waals surface area contributed by atoms with E-state index < -0.39 is 0 Å². The Kier molecular flexibility index (Phi) is 2.34. The van der Waals surface area contributed by atoms with Gasteiger partial charge in [-0.05, 0) is 63.1 Å². The topological polar surface area (TPSA) is 37.3 Å². The Bertz CT molecular complexity index is 952. The molecule has 2 nitrogen and oxygen atoms in total. The number of Topliss-reactive ketones (excluding diaryl/α,β-unsaturated/α-hetero) is 1. The van der Waals surface area contributed by atoms with Crippen LogP contribution >= 0.6 is 0 Å². The van der Waals surface area contributed by atoms with Crippen LogP contribution in [0.25, 0.3) is 12.2 Å². The van der Waals surface area contributed by atoms with Gasteiger partial charge in [0, 0.05) is 6.42 Å². The Morgan fingerprint density at radius 2 is 1.75 bits per heavy atom. The van der Waals surface area contributed by atoms with E-state index in [1.54, 1.807) is 12.1 Å². The highest BCUT2D eigenvalue weighted by atomic mass is 16.3. The third-order valence-electron chi connectivity index (χ3n) is 4.26. The first-order valence-electron chi connectivity index (χ1n) is 6.91. The number of hydrogen-bond donors (Lipinski definition) is 1. The van der Waals surface area contributed by atoms with E-state index >= 15 is 0 Å². The van der Waals surface area contributed by atoms with Gasteiger partial charge >= 0.3 is 0 Å². The fraction of sp³-hybridized carbons (Fsp3) is 0.167. The molecule has 0 heterocycles. The molecule has 20 heavy (non-hydrogen) atoms. The first-order chi connectivity index (χ1) is 9.72. The number of carbonyl (C=O) groups is 1. The molecule has 98 valence electrons. The lowest BCUT2D eigenvalue weighted by Crippen LogP contribution is -2.22. The molecule has 2 aliphatic rings. The molecular formula is C18H14O2. The van der Waals surface area contributed by atoms with E-state index in [9.17, 15) is 9.90 Å². The number of hydrogen-bond acceptors (Lipinski definition) is 2. The molecule has 0 amide bonds. The van der Waals surface area contributed by atoms with Crippen molar-refractivity contribution in [3.63, 3.8) is 0 Å². The van der Waals surface area contributed by atoms with E-state index in [2.05, 4.69) is 12.1 Å². The third kappa shape index (κ3) is 1.61. The minimum Gasteiger partial charge on any atom is -0.508 e. The molecule has 0 aliphatic heterocycles. The lowest BCUT2D eigenvalue weighted by Gasteiger charge is -2.15. The van der Waals surface area contributed by atoms with Crippen LogP contribution in [0.2, 0.25) is 0 Å². The number of rotatable bonds is 0. The molecule has 0 aromatic heterocycles. The van der Waals surface area contributed by atoms with Crippen LogP contribution in [-0.4, -0.2) is 10.9 Å². The fourth-order valence-electron chi connectivity index (χ4n) is 3.30. The summed E-state index contributed by atoms with van der Waals surface area (Å²) in [5.74, 6) is 0.530. The highest BCUT2D eigenvalue weighted by molar-refractivity contribution is 6.07. The zero-order valence-corrected chi connectivity index (χ0v) is 11.0. The molecule has 0 radical (unpaired) electrons. The van der Waals surface area contributed by atoms with Gasteiger partial charge in [0.25, 0.3) is 0 Å². The normalized spacial score (nSPS) is 15.5. The number of phenols is 1. The summed E-state index contributed by atoms with van der Waals surface area (Å²) >= 11 is 0. The van der Waals surface area contributed by atoms with Crippen LogP contribution in [0.3, 0.4) is 0 Å². The number of fused-ring (bicyclic) bond motifs is 4. The van der Waals surface area contributed by atoms with Crippen molar-refractivity contribution in [1.29, 1.82) is 0 Å². The Labute approximate surface area is 116 Å². The molecule has 0 atom stereocenters. The van der Waals surface area contributed by atoms with E-state index in [-0.39, 0.29) is 5.78 Å². The summed E-state index contributed by atoms with van der Waals surface area (Å²) in [6, 6.07) is 9.67. The number of benzene rings is 2. The van der Waals surface area contributed by atoms with E-state index in [1.807, 2.05) is 18.2 Å². The minimum atomic E-state index is 0.225. The largest absolute Gasteiger partial charge is 0.508 e.